The molecule has 2 unspecified atom stereocenters. The van der Waals surface area contributed by atoms with Crippen LogP contribution in [0.15, 0.2) is 60.4 Å². The van der Waals surface area contributed by atoms with E-state index in [1.165, 1.54) is 49.6 Å². The van der Waals surface area contributed by atoms with E-state index in [9.17, 15) is 0 Å². The molecule has 29 heavy (non-hydrogen) atoms. The average molecular weight is 408 g/mol. The fraction of sp³-hybridized carbons (Fsp3) is 0.478. The number of aromatic nitrogens is 3. The minimum atomic E-state index is 0.400. The van der Waals surface area contributed by atoms with Crippen LogP contribution in [-0.4, -0.2) is 57.3 Å². The summed E-state index contributed by atoms with van der Waals surface area (Å²) in [5.41, 5.74) is 1.87. The molecule has 3 aromatic rings. The summed E-state index contributed by atoms with van der Waals surface area (Å²) in [6.07, 6.45) is 8.32. The summed E-state index contributed by atoms with van der Waals surface area (Å²) in [5, 5.41) is 7.71. The molecule has 2 fully saturated rings. The van der Waals surface area contributed by atoms with Crippen molar-refractivity contribution in [3.05, 3.63) is 70.9 Å². The van der Waals surface area contributed by atoms with Gasteiger partial charge < -0.3 is 4.90 Å². The Bertz CT molecular complexity index is 879. The van der Waals surface area contributed by atoms with Crippen molar-refractivity contribution >= 4 is 11.3 Å². The first-order chi connectivity index (χ1) is 14.3. The molecule has 1 aromatic carbocycles. The van der Waals surface area contributed by atoms with Gasteiger partial charge in [-0.05, 0) is 30.4 Å². The smallest absolute Gasteiger partial charge is 0.107 e. The van der Waals surface area contributed by atoms with Crippen LogP contribution in [0.2, 0.25) is 0 Å². The molecule has 152 valence electrons. The molecule has 2 atom stereocenters. The van der Waals surface area contributed by atoms with E-state index in [-0.39, 0.29) is 0 Å². The number of nitrogens with zero attached hydrogens (tertiary/aromatic N) is 5. The van der Waals surface area contributed by atoms with Crippen molar-refractivity contribution < 1.29 is 0 Å². The summed E-state index contributed by atoms with van der Waals surface area (Å²) < 4.78 is 2.06. The van der Waals surface area contributed by atoms with E-state index in [0.29, 0.717) is 5.41 Å². The zero-order valence-corrected chi connectivity index (χ0v) is 17.7. The lowest BCUT2D eigenvalue weighted by Gasteiger charge is -2.30. The first-order valence-electron chi connectivity index (χ1n) is 10.6. The van der Waals surface area contributed by atoms with Gasteiger partial charge in [0.25, 0.3) is 0 Å². The highest BCUT2D eigenvalue weighted by Gasteiger charge is 2.51. The van der Waals surface area contributed by atoms with Crippen molar-refractivity contribution in [2.75, 3.05) is 32.7 Å². The second-order valence-corrected chi connectivity index (χ2v) is 9.62. The molecular formula is C23H29N5S. The summed E-state index contributed by atoms with van der Waals surface area (Å²) in [6, 6.07) is 13.0. The molecule has 5 nitrogen and oxygen atoms in total. The number of rotatable bonds is 8. The number of benzene rings is 1. The van der Waals surface area contributed by atoms with Crippen LogP contribution in [0.25, 0.3) is 0 Å². The highest BCUT2D eigenvalue weighted by molar-refractivity contribution is 7.09. The van der Waals surface area contributed by atoms with Gasteiger partial charge in [-0.25, -0.2) is 4.98 Å². The standard InChI is InChI=1S/C23H29N5S/c1-2-5-20(6-3-1)7-8-23-18-26(12-13-28-11-4-9-25-28)15-21(23)16-27(19-23)17-22-24-10-14-29-22/h1-6,9-11,14,21H,7-8,12-13,15-19H2. The molecule has 2 aliphatic rings. The van der Waals surface area contributed by atoms with E-state index >= 15 is 0 Å². The molecule has 0 N–H and O–H groups in total. The third-order valence-corrected chi connectivity index (χ3v) is 7.47. The molecular weight excluding hydrogens is 378 g/mol. The van der Waals surface area contributed by atoms with Crippen LogP contribution in [-0.2, 0) is 19.5 Å². The van der Waals surface area contributed by atoms with Crippen LogP contribution in [0.5, 0.6) is 0 Å². The Hall–Kier alpha value is -2.02. The summed E-state index contributed by atoms with van der Waals surface area (Å²) in [6.45, 7) is 7.91. The SMILES string of the molecule is c1ccc(CCC23CN(CCn4cccn4)CC2CN(Cc2nccs2)C3)cc1. The molecule has 6 heteroatoms. The number of hydrogen-bond acceptors (Lipinski definition) is 5. The van der Waals surface area contributed by atoms with Crippen LogP contribution in [0, 0.1) is 11.3 Å². The Kier molecular flexibility index (Phi) is 5.48. The van der Waals surface area contributed by atoms with Gasteiger partial charge in [0.15, 0.2) is 0 Å². The Labute approximate surface area is 177 Å². The normalized spacial score (nSPS) is 24.9. The maximum atomic E-state index is 4.52. The van der Waals surface area contributed by atoms with Crippen molar-refractivity contribution in [1.82, 2.24) is 24.6 Å². The van der Waals surface area contributed by atoms with Gasteiger partial charge in [-0.15, -0.1) is 11.3 Å². The molecule has 4 heterocycles. The van der Waals surface area contributed by atoms with E-state index in [0.717, 1.165) is 25.6 Å². The molecule has 0 radical (unpaired) electrons. The fourth-order valence-electron chi connectivity index (χ4n) is 5.29. The predicted molar refractivity (Wildman–Crippen MR) is 117 cm³/mol. The van der Waals surface area contributed by atoms with Crippen molar-refractivity contribution in [2.24, 2.45) is 11.3 Å². The number of fused-ring (bicyclic) bond motifs is 1. The maximum absolute atomic E-state index is 4.52. The molecule has 2 aliphatic heterocycles. The highest BCUT2D eigenvalue weighted by Crippen LogP contribution is 2.46. The number of thiazole rings is 1. The number of aryl methyl sites for hydroxylation is 1. The predicted octanol–water partition coefficient (Wildman–Crippen LogP) is 3.41. The zero-order chi connectivity index (χ0) is 19.5. The van der Waals surface area contributed by atoms with Crippen molar-refractivity contribution in [3.8, 4) is 0 Å². The maximum Gasteiger partial charge on any atom is 0.107 e. The minimum absolute atomic E-state index is 0.400. The van der Waals surface area contributed by atoms with Crippen molar-refractivity contribution in [2.45, 2.75) is 25.9 Å². The van der Waals surface area contributed by atoms with Crippen LogP contribution in [0.3, 0.4) is 0 Å². The van der Waals surface area contributed by atoms with Crippen molar-refractivity contribution in [3.63, 3.8) is 0 Å². The molecule has 0 aliphatic carbocycles. The number of hydrogen-bond donors (Lipinski definition) is 0. The topological polar surface area (TPSA) is 37.2 Å². The second kappa shape index (κ2) is 8.38. The van der Waals surface area contributed by atoms with Gasteiger partial charge in [0.05, 0.1) is 13.1 Å². The largest absolute Gasteiger partial charge is 0.301 e. The lowest BCUT2D eigenvalue weighted by atomic mass is 9.76. The first kappa shape index (κ1) is 19.0. The van der Waals surface area contributed by atoms with E-state index in [2.05, 4.69) is 66.5 Å². The summed E-state index contributed by atoms with van der Waals surface area (Å²) >= 11 is 1.78. The second-order valence-electron chi connectivity index (χ2n) is 8.64. The van der Waals surface area contributed by atoms with Crippen molar-refractivity contribution in [1.29, 1.82) is 0 Å². The van der Waals surface area contributed by atoms with Gasteiger partial charge >= 0.3 is 0 Å². The van der Waals surface area contributed by atoms with Gasteiger partial charge in [-0.3, -0.25) is 9.58 Å². The van der Waals surface area contributed by atoms with E-state index in [4.69, 9.17) is 0 Å². The third kappa shape index (κ3) is 4.29. The van der Waals surface area contributed by atoms with E-state index in [1.807, 2.05) is 18.5 Å². The lowest BCUT2D eigenvalue weighted by Crippen LogP contribution is -2.35. The Balaban J connectivity index is 1.26. The molecule has 2 aromatic heterocycles. The van der Waals surface area contributed by atoms with Gasteiger partial charge in [-0.1, -0.05) is 30.3 Å². The Morgan fingerprint density at radius 1 is 1.00 bits per heavy atom. The molecule has 2 saturated heterocycles. The van der Waals surface area contributed by atoms with Gasteiger partial charge in [0.2, 0.25) is 0 Å². The van der Waals surface area contributed by atoms with Crippen LogP contribution < -0.4 is 0 Å². The van der Waals surface area contributed by atoms with Gasteiger partial charge in [-0.2, -0.15) is 5.10 Å². The molecule has 0 spiro atoms. The van der Waals surface area contributed by atoms with Crippen LogP contribution >= 0.6 is 11.3 Å². The quantitative estimate of drug-likeness (QED) is 0.574. The highest BCUT2D eigenvalue weighted by atomic mass is 32.1. The lowest BCUT2D eigenvalue weighted by molar-refractivity contribution is 0.194. The first-order valence-corrected chi connectivity index (χ1v) is 11.5. The average Bonchev–Trinajstić information content (AvgIpc) is 3.51. The van der Waals surface area contributed by atoms with E-state index in [1.54, 1.807) is 11.3 Å². The Morgan fingerprint density at radius 2 is 1.86 bits per heavy atom. The van der Waals surface area contributed by atoms with Gasteiger partial charge in [0.1, 0.15) is 5.01 Å². The minimum Gasteiger partial charge on any atom is -0.301 e. The fourth-order valence-corrected chi connectivity index (χ4v) is 5.94. The molecule has 0 bridgehead atoms. The van der Waals surface area contributed by atoms with E-state index < -0.39 is 0 Å². The van der Waals surface area contributed by atoms with Crippen LogP contribution in [0.1, 0.15) is 17.0 Å². The summed E-state index contributed by atoms with van der Waals surface area (Å²) in [4.78, 5) is 9.85. The summed E-state index contributed by atoms with van der Waals surface area (Å²) in [7, 11) is 0. The molecule has 5 rings (SSSR count). The number of likely N-dealkylation sites (tertiary alicyclic amines) is 2. The molecule has 0 saturated carbocycles. The summed E-state index contributed by atoms with van der Waals surface area (Å²) in [5.74, 6) is 0.754. The zero-order valence-electron chi connectivity index (χ0n) is 16.9. The van der Waals surface area contributed by atoms with Crippen LogP contribution in [0.4, 0.5) is 0 Å². The Morgan fingerprint density at radius 3 is 2.66 bits per heavy atom. The monoisotopic (exact) mass is 407 g/mol. The van der Waals surface area contributed by atoms with Gasteiger partial charge in [0, 0.05) is 62.1 Å². The third-order valence-electron chi connectivity index (χ3n) is 6.70. The molecule has 0 amide bonds.